The zero-order chi connectivity index (χ0) is 19.8. The lowest BCUT2D eigenvalue weighted by molar-refractivity contribution is -0.121. The maximum atomic E-state index is 12.5. The van der Waals surface area contributed by atoms with Gasteiger partial charge in [-0.3, -0.25) is 14.5 Å². The van der Waals surface area contributed by atoms with E-state index in [9.17, 15) is 9.59 Å². The number of hydrogen-bond donors (Lipinski definition) is 1. The second kappa shape index (κ2) is 7.31. The predicted molar refractivity (Wildman–Crippen MR) is 108 cm³/mol. The lowest BCUT2D eigenvalue weighted by Crippen LogP contribution is -2.70. The highest BCUT2D eigenvalue weighted by molar-refractivity contribution is 5.97. The van der Waals surface area contributed by atoms with Crippen molar-refractivity contribution in [2.45, 2.75) is 39.3 Å². The van der Waals surface area contributed by atoms with Crippen LogP contribution in [0.2, 0.25) is 0 Å². The van der Waals surface area contributed by atoms with E-state index in [-0.39, 0.29) is 11.7 Å². The zero-order valence-electron chi connectivity index (χ0n) is 16.5. The summed E-state index contributed by atoms with van der Waals surface area (Å²) in [7, 11) is 0. The van der Waals surface area contributed by atoms with Crippen molar-refractivity contribution >= 4 is 23.2 Å². The number of hydrogen-bond acceptors (Lipinski definition) is 6. The van der Waals surface area contributed by atoms with Crippen molar-refractivity contribution in [1.82, 2.24) is 14.9 Å². The van der Waals surface area contributed by atoms with E-state index >= 15 is 0 Å². The van der Waals surface area contributed by atoms with Crippen LogP contribution in [0.15, 0.2) is 30.6 Å². The molecule has 0 aliphatic carbocycles. The van der Waals surface area contributed by atoms with E-state index in [1.54, 1.807) is 24.5 Å². The molecule has 0 saturated carbocycles. The summed E-state index contributed by atoms with van der Waals surface area (Å²) in [5, 5.41) is 2.92. The molecule has 2 aromatic rings. The maximum Gasteiger partial charge on any atom is 0.238 e. The van der Waals surface area contributed by atoms with Crippen molar-refractivity contribution in [1.29, 1.82) is 0 Å². The minimum absolute atomic E-state index is 0.0104. The monoisotopic (exact) mass is 379 g/mol. The number of nitrogens with one attached hydrogen (secondary N) is 1. The summed E-state index contributed by atoms with van der Waals surface area (Å²) in [5.41, 5.74) is 3.40. The Kier molecular flexibility index (Phi) is 4.85. The van der Waals surface area contributed by atoms with E-state index in [1.165, 1.54) is 6.92 Å². The predicted octanol–water partition coefficient (Wildman–Crippen LogP) is 2.20. The number of fused-ring (bicyclic) bond motifs is 2. The van der Waals surface area contributed by atoms with Crippen LogP contribution in [0.5, 0.6) is 0 Å². The maximum absolute atomic E-state index is 12.5. The van der Waals surface area contributed by atoms with E-state index in [1.807, 2.05) is 13.0 Å². The molecule has 0 spiro atoms. The number of rotatable bonds is 5. The molecule has 7 nitrogen and oxygen atoms in total. The summed E-state index contributed by atoms with van der Waals surface area (Å²) in [6, 6.07) is 7.80. The van der Waals surface area contributed by atoms with Crippen molar-refractivity contribution in [3.63, 3.8) is 0 Å². The van der Waals surface area contributed by atoms with Gasteiger partial charge >= 0.3 is 0 Å². The van der Waals surface area contributed by atoms with Gasteiger partial charge in [0.05, 0.1) is 6.54 Å². The summed E-state index contributed by atoms with van der Waals surface area (Å²) in [6.45, 7) is 7.71. The molecule has 3 saturated heterocycles. The molecule has 2 atom stereocenters. The van der Waals surface area contributed by atoms with Gasteiger partial charge in [-0.25, -0.2) is 9.97 Å². The SMILES string of the molecule is CC(=O)c1cccc(NC(=O)CN2C3CC2CN(c2ncnc(C)c2C)C3)c1. The Morgan fingerprint density at radius 3 is 2.64 bits per heavy atom. The summed E-state index contributed by atoms with van der Waals surface area (Å²) in [5.74, 6) is 0.953. The fourth-order valence-electron chi connectivity index (χ4n) is 4.15. The first-order valence-electron chi connectivity index (χ1n) is 9.62. The van der Waals surface area contributed by atoms with E-state index in [0.29, 0.717) is 29.9 Å². The van der Waals surface area contributed by atoms with Gasteiger partial charge in [-0.1, -0.05) is 12.1 Å². The average molecular weight is 379 g/mol. The van der Waals surface area contributed by atoms with Crippen LogP contribution in [-0.4, -0.2) is 58.3 Å². The molecule has 1 amide bonds. The molecular formula is C21H25N5O2. The fourth-order valence-corrected chi connectivity index (χ4v) is 4.15. The quantitative estimate of drug-likeness (QED) is 0.803. The Balaban J connectivity index is 1.36. The number of ketones is 1. The molecule has 1 N–H and O–H groups in total. The zero-order valence-corrected chi connectivity index (χ0v) is 16.5. The van der Waals surface area contributed by atoms with Crippen molar-refractivity contribution in [3.8, 4) is 0 Å². The van der Waals surface area contributed by atoms with Gasteiger partial charge in [0.2, 0.25) is 5.91 Å². The van der Waals surface area contributed by atoms with Crippen LogP contribution < -0.4 is 10.2 Å². The standard InChI is InChI=1S/C21H25N5O2/c1-13-14(2)22-12-23-21(13)25-9-18-8-19(10-25)26(18)11-20(28)24-17-6-4-5-16(7-17)15(3)27/h4-7,12,18-19H,8-11H2,1-3H3,(H,24,28). The summed E-state index contributed by atoms with van der Waals surface area (Å²) in [6.07, 6.45) is 2.74. The number of carbonyl (C=O) groups is 2. The Morgan fingerprint density at radius 2 is 1.93 bits per heavy atom. The number of benzene rings is 1. The van der Waals surface area contributed by atoms with E-state index in [0.717, 1.165) is 36.6 Å². The highest BCUT2D eigenvalue weighted by Crippen LogP contribution is 2.34. The van der Waals surface area contributed by atoms with E-state index < -0.39 is 0 Å². The number of piperazine rings is 1. The second-order valence-corrected chi connectivity index (χ2v) is 7.71. The van der Waals surface area contributed by atoms with Crippen molar-refractivity contribution in [3.05, 3.63) is 47.4 Å². The largest absolute Gasteiger partial charge is 0.353 e. The van der Waals surface area contributed by atoms with Gasteiger partial charge in [-0.05, 0) is 39.3 Å². The first-order chi connectivity index (χ1) is 13.4. The number of Topliss-reactive ketones (excluding diaryl/α,β-unsaturated/α-hetero) is 1. The van der Waals surface area contributed by atoms with Crippen LogP contribution in [0.3, 0.4) is 0 Å². The fraction of sp³-hybridized carbons (Fsp3) is 0.429. The minimum Gasteiger partial charge on any atom is -0.353 e. The molecule has 28 heavy (non-hydrogen) atoms. The third-order valence-electron chi connectivity index (χ3n) is 5.83. The molecule has 1 aromatic carbocycles. The number of carbonyl (C=O) groups excluding carboxylic acids is 2. The molecule has 3 aliphatic heterocycles. The van der Waals surface area contributed by atoms with E-state index in [2.05, 4.69) is 32.0 Å². The molecule has 3 fully saturated rings. The van der Waals surface area contributed by atoms with Gasteiger partial charge in [-0.2, -0.15) is 0 Å². The smallest absolute Gasteiger partial charge is 0.238 e. The number of anilines is 2. The van der Waals surface area contributed by atoms with Crippen molar-refractivity contribution < 1.29 is 9.59 Å². The van der Waals surface area contributed by atoms with Gasteiger partial charge in [0, 0.05) is 47.7 Å². The first-order valence-corrected chi connectivity index (χ1v) is 9.62. The van der Waals surface area contributed by atoms with Crippen LogP contribution >= 0.6 is 0 Å². The summed E-state index contributed by atoms with van der Waals surface area (Å²) in [4.78, 5) is 37.3. The molecule has 2 bridgehead atoms. The Bertz CT molecular complexity index is 917. The van der Waals surface area contributed by atoms with Crippen LogP contribution in [-0.2, 0) is 4.79 Å². The Morgan fingerprint density at radius 1 is 1.18 bits per heavy atom. The molecule has 146 valence electrons. The third-order valence-corrected chi connectivity index (χ3v) is 5.83. The molecule has 5 rings (SSSR count). The number of nitrogens with zero attached hydrogens (tertiary/aromatic N) is 4. The highest BCUT2D eigenvalue weighted by Gasteiger charge is 2.45. The number of aryl methyl sites for hydroxylation is 1. The van der Waals surface area contributed by atoms with Gasteiger partial charge in [0.25, 0.3) is 0 Å². The van der Waals surface area contributed by atoms with Gasteiger partial charge in [0.15, 0.2) is 5.78 Å². The average Bonchev–Trinajstić information content (AvgIpc) is 2.68. The van der Waals surface area contributed by atoms with Crippen LogP contribution in [0.25, 0.3) is 0 Å². The van der Waals surface area contributed by atoms with Gasteiger partial charge in [-0.15, -0.1) is 0 Å². The minimum atomic E-state index is -0.0436. The highest BCUT2D eigenvalue weighted by atomic mass is 16.2. The van der Waals surface area contributed by atoms with Gasteiger partial charge < -0.3 is 10.2 Å². The van der Waals surface area contributed by atoms with Crippen molar-refractivity contribution in [2.24, 2.45) is 0 Å². The Hall–Kier alpha value is -2.80. The molecule has 7 heteroatoms. The molecule has 3 aliphatic rings. The summed E-state index contributed by atoms with van der Waals surface area (Å²) < 4.78 is 0. The van der Waals surface area contributed by atoms with Gasteiger partial charge in [0.1, 0.15) is 12.1 Å². The number of piperidine rings is 1. The van der Waals surface area contributed by atoms with E-state index in [4.69, 9.17) is 0 Å². The second-order valence-electron chi connectivity index (χ2n) is 7.71. The Labute approximate surface area is 164 Å². The number of aromatic nitrogens is 2. The summed E-state index contributed by atoms with van der Waals surface area (Å²) >= 11 is 0. The molecular weight excluding hydrogens is 354 g/mol. The number of amides is 1. The van der Waals surface area contributed by atoms with Crippen molar-refractivity contribution in [2.75, 3.05) is 29.9 Å². The third kappa shape index (κ3) is 3.49. The lowest BCUT2D eigenvalue weighted by atomic mass is 9.87. The van der Waals surface area contributed by atoms with Crippen LogP contribution in [0.4, 0.5) is 11.5 Å². The molecule has 4 heterocycles. The van der Waals surface area contributed by atoms with Crippen LogP contribution in [0.1, 0.15) is 35.0 Å². The normalized spacial score (nSPS) is 21.2. The topological polar surface area (TPSA) is 78.4 Å². The molecule has 0 radical (unpaired) electrons. The first kappa shape index (κ1) is 18.6. The molecule has 1 aromatic heterocycles. The lowest BCUT2D eigenvalue weighted by Gasteiger charge is -2.56. The van der Waals surface area contributed by atoms with Crippen LogP contribution in [0, 0.1) is 13.8 Å². The molecule has 2 unspecified atom stereocenters.